The number of carbonyl (C=O) groups is 2. The first-order valence-corrected chi connectivity index (χ1v) is 32.0. The van der Waals surface area contributed by atoms with E-state index < -0.39 is 32.5 Å². The lowest BCUT2D eigenvalue weighted by atomic mass is 10.1. The molecule has 0 spiro atoms. The first-order chi connectivity index (χ1) is 39.0. The van der Waals surface area contributed by atoms with Gasteiger partial charge in [-0.1, -0.05) is 241 Å². The van der Waals surface area contributed by atoms with Gasteiger partial charge in [0.25, 0.3) is 0 Å². The second kappa shape index (κ2) is 58.8. The molecule has 2 atom stereocenters. The van der Waals surface area contributed by atoms with Crippen LogP contribution < -0.4 is 0 Å². The molecule has 2 unspecified atom stereocenters. The van der Waals surface area contributed by atoms with Crippen molar-refractivity contribution >= 4 is 19.8 Å². The SMILES string of the molecule is CC/C=C\C/C=C\C/C=C\C/C=C\C/C=C\C/C=C\C/C=C\C/C=C\C/C=C\CCCCCCCCCCCC(=O)OC(COC(=O)CC/C=C\C/C=C\C/C=C\C/C=C\C/C=C\C/C=C\CC)COP(=O)(O)OCC[N+](C)(C)C. The topological polar surface area (TPSA) is 108 Å². The molecule has 0 aliphatic carbocycles. The molecule has 0 heterocycles. The van der Waals surface area contributed by atoms with E-state index in [4.69, 9.17) is 18.5 Å². The number of allylic oxidation sites excluding steroid dienone is 30. The number of ether oxygens (including phenoxy) is 2. The summed E-state index contributed by atoms with van der Waals surface area (Å²) in [6.45, 7) is 4.08. The standard InChI is InChI=1S/C70H110NO8P/c1-6-8-10-12-14-16-18-20-22-24-26-27-28-29-30-31-32-33-34-35-36-37-38-39-40-41-42-43-45-47-49-51-53-55-57-59-61-63-70(73)79-68(67-78-80(74,75)77-65-64-71(3,4)5)66-76-69(72)62-60-58-56-54-52-50-48-46-44-25-23-21-19-17-15-13-11-9-7-2/h8-11,14-17,20-23,26-27,29-30,32-33,35-36,38-39,41-42,44,46,50,52,56,58,68H,6-7,12-13,18-19,24-25,28,31,34,37,40,43,45,47-49,51,53-55,57,59-67H2,1-5H3/p+1/b10-8-,11-9-,16-14-,17-15-,22-20-,23-21-,27-26-,30-29-,33-32-,36-35-,39-38-,42-41-,46-44-,52-50-,58-56-. The van der Waals surface area contributed by atoms with Crippen LogP contribution in [0.15, 0.2) is 182 Å². The maximum atomic E-state index is 12.8. The van der Waals surface area contributed by atoms with Crippen molar-refractivity contribution in [2.45, 2.75) is 200 Å². The van der Waals surface area contributed by atoms with Crippen molar-refractivity contribution in [3.05, 3.63) is 182 Å². The molecule has 0 aromatic rings. The summed E-state index contributed by atoms with van der Waals surface area (Å²) in [5.74, 6) is -0.919. The van der Waals surface area contributed by atoms with Crippen molar-refractivity contribution in [2.75, 3.05) is 47.5 Å². The van der Waals surface area contributed by atoms with Gasteiger partial charge in [-0.3, -0.25) is 18.6 Å². The van der Waals surface area contributed by atoms with Gasteiger partial charge in [0.1, 0.15) is 19.8 Å². The number of quaternary nitrogens is 1. The van der Waals surface area contributed by atoms with Crippen LogP contribution in [0.4, 0.5) is 0 Å². The van der Waals surface area contributed by atoms with E-state index in [0.717, 1.165) is 122 Å². The quantitative estimate of drug-likeness (QED) is 0.0211. The Kier molecular flexibility index (Phi) is 55.2. The molecule has 0 aromatic carbocycles. The van der Waals surface area contributed by atoms with Gasteiger partial charge in [0.15, 0.2) is 6.10 Å². The third kappa shape index (κ3) is 62.3. The molecule has 0 radical (unpaired) electrons. The minimum Gasteiger partial charge on any atom is -0.462 e. The second-order valence-corrected chi connectivity index (χ2v) is 22.1. The van der Waals surface area contributed by atoms with Crippen LogP contribution in [0.2, 0.25) is 0 Å². The Bertz CT molecular complexity index is 2000. The lowest BCUT2D eigenvalue weighted by molar-refractivity contribution is -0.870. The molecule has 0 rings (SSSR count). The summed E-state index contributed by atoms with van der Waals surface area (Å²) in [5.41, 5.74) is 0. The molecule has 0 saturated heterocycles. The van der Waals surface area contributed by atoms with E-state index in [1.807, 2.05) is 33.3 Å². The highest BCUT2D eigenvalue weighted by Crippen LogP contribution is 2.43. The monoisotopic (exact) mass is 1120 g/mol. The van der Waals surface area contributed by atoms with E-state index in [9.17, 15) is 19.0 Å². The fourth-order valence-electron chi connectivity index (χ4n) is 7.33. The maximum Gasteiger partial charge on any atom is 0.472 e. The van der Waals surface area contributed by atoms with Crippen LogP contribution in [-0.4, -0.2) is 74.9 Å². The Labute approximate surface area is 489 Å². The van der Waals surface area contributed by atoms with Crippen LogP contribution in [0.1, 0.15) is 194 Å². The molecule has 0 amide bonds. The Morgan fingerprint density at radius 2 is 0.700 bits per heavy atom. The fraction of sp³-hybridized carbons (Fsp3) is 0.543. The second-order valence-electron chi connectivity index (χ2n) is 20.6. The Balaban J connectivity index is 4.24. The van der Waals surface area contributed by atoms with Crippen LogP contribution in [0.5, 0.6) is 0 Å². The molecule has 80 heavy (non-hydrogen) atoms. The highest BCUT2D eigenvalue weighted by atomic mass is 31.2. The van der Waals surface area contributed by atoms with E-state index in [-0.39, 0.29) is 26.1 Å². The molecule has 0 bridgehead atoms. The van der Waals surface area contributed by atoms with Gasteiger partial charge in [-0.2, -0.15) is 0 Å². The lowest BCUT2D eigenvalue weighted by Gasteiger charge is -2.24. The molecule has 0 aliphatic rings. The number of hydrogen-bond donors (Lipinski definition) is 1. The van der Waals surface area contributed by atoms with Gasteiger partial charge in [-0.15, -0.1) is 0 Å². The van der Waals surface area contributed by atoms with E-state index in [1.165, 1.54) is 32.1 Å². The zero-order valence-electron chi connectivity index (χ0n) is 50.7. The molecule has 10 heteroatoms. The van der Waals surface area contributed by atoms with Crippen molar-refractivity contribution in [2.24, 2.45) is 0 Å². The van der Waals surface area contributed by atoms with Gasteiger partial charge >= 0.3 is 19.8 Å². The van der Waals surface area contributed by atoms with Gasteiger partial charge < -0.3 is 18.9 Å². The van der Waals surface area contributed by atoms with Crippen LogP contribution in [0, 0.1) is 0 Å². The first-order valence-electron chi connectivity index (χ1n) is 30.5. The van der Waals surface area contributed by atoms with Crippen molar-refractivity contribution in [1.29, 1.82) is 0 Å². The Morgan fingerprint density at radius 1 is 0.388 bits per heavy atom. The number of likely N-dealkylation sites (N-methyl/N-ethyl adjacent to an activating group) is 1. The summed E-state index contributed by atoms with van der Waals surface area (Å²) in [7, 11) is 1.41. The predicted octanol–water partition coefficient (Wildman–Crippen LogP) is 19.6. The van der Waals surface area contributed by atoms with Crippen LogP contribution in [0.3, 0.4) is 0 Å². The average Bonchev–Trinajstić information content (AvgIpc) is 3.42. The summed E-state index contributed by atoms with van der Waals surface area (Å²) in [4.78, 5) is 35.7. The van der Waals surface area contributed by atoms with Gasteiger partial charge in [0.05, 0.1) is 27.7 Å². The van der Waals surface area contributed by atoms with Crippen LogP contribution >= 0.6 is 7.82 Å². The third-order valence-corrected chi connectivity index (χ3v) is 12.9. The third-order valence-electron chi connectivity index (χ3n) is 11.9. The predicted molar refractivity (Wildman–Crippen MR) is 343 cm³/mol. The van der Waals surface area contributed by atoms with Crippen molar-refractivity contribution < 1.29 is 42.1 Å². The number of esters is 2. The number of phosphoric ester groups is 1. The minimum absolute atomic E-state index is 0.00866. The largest absolute Gasteiger partial charge is 0.472 e. The molecule has 0 aromatic heterocycles. The summed E-state index contributed by atoms with van der Waals surface area (Å²) in [6, 6.07) is 0. The minimum atomic E-state index is -4.42. The van der Waals surface area contributed by atoms with E-state index >= 15 is 0 Å². The van der Waals surface area contributed by atoms with E-state index in [1.54, 1.807) is 0 Å². The molecular formula is C70H111NO8P+. The highest BCUT2D eigenvalue weighted by molar-refractivity contribution is 7.47. The van der Waals surface area contributed by atoms with Gasteiger partial charge in [0.2, 0.25) is 0 Å². The summed E-state index contributed by atoms with van der Waals surface area (Å²) in [5, 5.41) is 0. The molecule has 448 valence electrons. The zero-order valence-corrected chi connectivity index (χ0v) is 51.6. The number of rotatable bonds is 53. The lowest BCUT2D eigenvalue weighted by Crippen LogP contribution is -2.37. The van der Waals surface area contributed by atoms with Crippen LogP contribution in [0.25, 0.3) is 0 Å². The number of nitrogens with zero attached hydrogens (tertiary/aromatic N) is 1. The normalized spacial score (nSPS) is 14.5. The number of carbonyl (C=O) groups excluding carboxylic acids is 2. The fourth-order valence-corrected chi connectivity index (χ4v) is 8.07. The molecule has 0 fully saturated rings. The van der Waals surface area contributed by atoms with Crippen molar-refractivity contribution in [3.63, 3.8) is 0 Å². The number of hydrogen-bond acceptors (Lipinski definition) is 7. The number of unbranched alkanes of at least 4 members (excludes halogenated alkanes) is 9. The molecule has 1 N–H and O–H groups in total. The zero-order chi connectivity index (χ0) is 58.4. The van der Waals surface area contributed by atoms with Crippen molar-refractivity contribution in [3.8, 4) is 0 Å². The Morgan fingerprint density at radius 3 is 1.05 bits per heavy atom. The van der Waals surface area contributed by atoms with E-state index in [0.29, 0.717) is 23.9 Å². The van der Waals surface area contributed by atoms with Gasteiger partial charge in [0, 0.05) is 12.8 Å². The number of phosphoric acid groups is 1. The summed E-state index contributed by atoms with van der Waals surface area (Å²) < 4.78 is 34.5. The van der Waals surface area contributed by atoms with E-state index in [2.05, 4.69) is 184 Å². The highest BCUT2D eigenvalue weighted by Gasteiger charge is 2.27. The van der Waals surface area contributed by atoms with Gasteiger partial charge in [-0.05, 0) is 122 Å². The van der Waals surface area contributed by atoms with Gasteiger partial charge in [-0.25, -0.2) is 4.57 Å². The Hall–Kier alpha value is -4.89. The van der Waals surface area contributed by atoms with Crippen LogP contribution in [-0.2, 0) is 32.7 Å². The summed E-state index contributed by atoms with van der Waals surface area (Å²) >= 11 is 0. The summed E-state index contributed by atoms with van der Waals surface area (Å²) in [6.07, 6.45) is 91.3. The molecule has 0 aliphatic heterocycles. The smallest absolute Gasteiger partial charge is 0.462 e. The maximum absolute atomic E-state index is 12.8. The molecule has 0 saturated carbocycles. The van der Waals surface area contributed by atoms with Crippen molar-refractivity contribution in [1.82, 2.24) is 0 Å². The molecule has 9 nitrogen and oxygen atoms in total. The first kappa shape index (κ1) is 75.1. The average molecular weight is 1130 g/mol. The molecular weight excluding hydrogens is 1010 g/mol.